The van der Waals surface area contributed by atoms with Crippen molar-refractivity contribution in [3.63, 3.8) is 0 Å². The fourth-order valence-corrected chi connectivity index (χ4v) is 2.75. The Balaban J connectivity index is 2.33. The molecule has 0 atom stereocenters. The third-order valence-corrected chi connectivity index (χ3v) is 3.76. The average molecular weight is 310 g/mol. The SMILES string of the molecule is CN(C)C(=O)c1sc(NCc2ncon2)c(C(N)=O)c1N. The summed E-state index contributed by atoms with van der Waals surface area (Å²) in [6.07, 6.45) is 1.19. The van der Waals surface area contributed by atoms with Gasteiger partial charge in [-0.25, -0.2) is 0 Å². The number of nitrogens with zero attached hydrogens (tertiary/aromatic N) is 3. The van der Waals surface area contributed by atoms with Crippen LogP contribution in [0.25, 0.3) is 0 Å². The molecule has 10 heteroatoms. The second-order valence-corrected chi connectivity index (χ2v) is 5.33. The van der Waals surface area contributed by atoms with E-state index in [0.717, 1.165) is 11.3 Å². The summed E-state index contributed by atoms with van der Waals surface area (Å²) in [4.78, 5) is 29.0. The Kier molecular flexibility index (Phi) is 4.08. The summed E-state index contributed by atoms with van der Waals surface area (Å²) in [6.45, 7) is 0.215. The van der Waals surface area contributed by atoms with Gasteiger partial charge in [0.25, 0.3) is 11.8 Å². The van der Waals surface area contributed by atoms with Crippen molar-refractivity contribution in [2.75, 3.05) is 25.1 Å². The number of nitrogens with one attached hydrogen (secondary N) is 1. The molecule has 0 bridgehead atoms. The van der Waals surface area contributed by atoms with Crippen LogP contribution in [-0.4, -0.2) is 41.0 Å². The number of carbonyl (C=O) groups is 2. The first-order valence-electron chi connectivity index (χ1n) is 5.84. The van der Waals surface area contributed by atoms with Crippen LogP contribution in [0.2, 0.25) is 0 Å². The molecular formula is C11H14N6O3S. The number of carbonyl (C=O) groups excluding carboxylic acids is 2. The molecule has 0 spiro atoms. The minimum Gasteiger partial charge on any atom is -0.397 e. The normalized spacial score (nSPS) is 10.4. The summed E-state index contributed by atoms with van der Waals surface area (Å²) in [5.41, 5.74) is 11.4. The maximum atomic E-state index is 12.0. The fourth-order valence-electron chi connectivity index (χ4n) is 1.60. The lowest BCUT2D eigenvalue weighted by atomic mass is 10.2. The number of rotatable bonds is 5. The molecule has 0 fully saturated rings. The highest BCUT2D eigenvalue weighted by molar-refractivity contribution is 7.19. The molecule has 0 saturated carbocycles. The van der Waals surface area contributed by atoms with Crippen LogP contribution in [0, 0.1) is 0 Å². The molecular weight excluding hydrogens is 296 g/mol. The van der Waals surface area contributed by atoms with E-state index in [-0.39, 0.29) is 28.6 Å². The molecule has 112 valence electrons. The molecule has 0 aliphatic carbocycles. The van der Waals surface area contributed by atoms with Crippen LogP contribution in [0.3, 0.4) is 0 Å². The van der Waals surface area contributed by atoms with E-state index < -0.39 is 5.91 Å². The highest BCUT2D eigenvalue weighted by atomic mass is 32.1. The van der Waals surface area contributed by atoms with E-state index in [2.05, 4.69) is 20.0 Å². The monoisotopic (exact) mass is 310 g/mol. The van der Waals surface area contributed by atoms with Gasteiger partial charge in [0, 0.05) is 14.1 Å². The molecule has 0 saturated heterocycles. The van der Waals surface area contributed by atoms with E-state index in [0.29, 0.717) is 10.8 Å². The van der Waals surface area contributed by atoms with E-state index in [1.807, 2.05) is 0 Å². The summed E-state index contributed by atoms with van der Waals surface area (Å²) in [7, 11) is 3.19. The first kappa shape index (κ1) is 14.8. The quantitative estimate of drug-likeness (QED) is 0.712. The smallest absolute Gasteiger partial charge is 0.265 e. The molecule has 2 rings (SSSR count). The number of anilines is 2. The van der Waals surface area contributed by atoms with Crippen molar-refractivity contribution >= 4 is 33.8 Å². The second kappa shape index (κ2) is 5.79. The molecule has 5 N–H and O–H groups in total. The molecule has 0 unspecified atom stereocenters. The van der Waals surface area contributed by atoms with Crippen molar-refractivity contribution in [2.24, 2.45) is 5.73 Å². The Hall–Kier alpha value is -2.62. The summed E-state index contributed by atoms with van der Waals surface area (Å²) in [5.74, 6) is -0.609. The lowest BCUT2D eigenvalue weighted by Gasteiger charge is -2.08. The maximum absolute atomic E-state index is 12.0. The van der Waals surface area contributed by atoms with Gasteiger partial charge in [0.05, 0.1) is 17.8 Å². The third-order valence-electron chi connectivity index (χ3n) is 2.61. The Morgan fingerprint density at radius 3 is 2.71 bits per heavy atom. The minimum atomic E-state index is -0.711. The number of primary amides is 1. The Bertz CT molecular complexity index is 664. The molecule has 0 aliphatic heterocycles. The number of nitrogen functional groups attached to an aromatic ring is 1. The molecule has 21 heavy (non-hydrogen) atoms. The largest absolute Gasteiger partial charge is 0.397 e. The zero-order valence-corrected chi connectivity index (χ0v) is 12.2. The zero-order chi connectivity index (χ0) is 15.6. The van der Waals surface area contributed by atoms with Crippen LogP contribution in [0.5, 0.6) is 0 Å². The molecule has 2 heterocycles. The van der Waals surface area contributed by atoms with Gasteiger partial charge in [-0.1, -0.05) is 5.16 Å². The third kappa shape index (κ3) is 2.94. The van der Waals surface area contributed by atoms with Gasteiger partial charge in [-0.15, -0.1) is 11.3 Å². The van der Waals surface area contributed by atoms with E-state index in [4.69, 9.17) is 11.5 Å². The molecule has 0 aromatic carbocycles. The lowest BCUT2D eigenvalue weighted by Crippen LogP contribution is -2.22. The van der Waals surface area contributed by atoms with E-state index in [9.17, 15) is 9.59 Å². The van der Waals surface area contributed by atoms with Gasteiger partial charge in [-0.3, -0.25) is 9.59 Å². The lowest BCUT2D eigenvalue weighted by molar-refractivity contribution is 0.0833. The zero-order valence-electron chi connectivity index (χ0n) is 11.4. The van der Waals surface area contributed by atoms with Crippen molar-refractivity contribution < 1.29 is 14.1 Å². The molecule has 2 aromatic rings. The molecule has 2 aromatic heterocycles. The Labute approximate surface area is 123 Å². The highest BCUT2D eigenvalue weighted by Crippen LogP contribution is 2.36. The number of hydrogen-bond acceptors (Lipinski definition) is 8. The standard InChI is InChI=1S/C11H14N6O3S/c1-17(2)11(19)8-7(12)6(9(13)18)10(21-8)14-3-5-15-4-20-16-5/h4,14H,3,12H2,1-2H3,(H2,13,18). The van der Waals surface area contributed by atoms with Gasteiger partial charge >= 0.3 is 0 Å². The van der Waals surface area contributed by atoms with Gasteiger partial charge in [0.15, 0.2) is 5.82 Å². The van der Waals surface area contributed by atoms with E-state index >= 15 is 0 Å². The van der Waals surface area contributed by atoms with Crippen molar-refractivity contribution in [3.8, 4) is 0 Å². The average Bonchev–Trinajstić information content (AvgIpc) is 3.02. The highest BCUT2D eigenvalue weighted by Gasteiger charge is 2.25. The number of amides is 2. The molecule has 2 amide bonds. The minimum absolute atomic E-state index is 0.0711. The van der Waals surface area contributed by atoms with Crippen LogP contribution in [0.4, 0.5) is 10.7 Å². The first-order valence-corrected chi connectivity index (χ1v) is 6.66. The molecule has 9 nitrogen and oxygen atoms in total. The summed E-state index contributed by atoms with van der Waals surface area (Å²) >= 11 is 1.06. The van der Waals surface area contributed by atoms with Crippen LogP contribution < -0.4 is 16.8 Å². The molecule has 0 radical (unpaired) electrons. The van der Waals surface area contributed by atoms with E-state index in [1.54, 1.807) is 14.1 Å². The Morgan fingerprint density at radius 2 is 2.19 bits per heavy atom. The summed E-state index contributed by atoms with van der Waals surface area (Å²) < 4.78 is 4.60. The van der Waals surface area contributed by atoms with Gasteiger partial charge in [0.2, 0.25) is 6.39 Å². The predicted octanol–water partition coefficient (Wildman–Crippen LogP) is 0.126. The number of aromatic nitrogens is 2. The number of thiophene rings is 1. The second-order valence-electron chi connectivity index (χ2n) is 4.31. The van der Waals surface area contributed by atoms with Gasteiger partial charge < -0.3 is 26.2 Å². The topological polar surface area (TPSA) is 140 Å². The first-order chi connectivity index (χ1) is 9.91. The van der Waals surface area contributed by atoms with Crippen LogP contribution >= 0.6 is 11.3 Å². The van der Waals surface area contributed by atoms with Crippen molar-refractivity contribution in [3.05, 3.63) is 22.7 Å². The summed E-state index contributed by atoms with van der Waals surface area (Å²) in [6, 6.07) is 0. The van der Waals surface area contributed by atoms with Crippen LogP contribution in [-0.2, 0) is 6.54 Å². The maximum Gasteiger partial charge on any atom is 0.265 e. The Morgan fingerprint density at radius 1 is 1.48 bits per heavy atom. The predicted molar refractivity (Wildman–Crippen MR) is 76.9 cm³/mol. The van der Waals surface area contributed by atoms with Crippen molar-refractivity contribution in [2.45, 2.75) is 6.54 Å². The fraction of sp³-hybridized carbons (Fsp3) is 0.273. The summed E-state index contributed by atoms with van der Waals surface area (Å²) in [5, 5.41) is 6.96. The number of nitrogens with two attached hydrogens (primary N) is 2. The van der Waals surface area contributed by atoms with Gasteiger partial charge in [0.1, 0.15) is 9.88 Å². The van der Waals surface area contributed by atoms with E-state index in [1.165, 1.54) is 11.3 Å². The van der Waals surface area contributed by atoms with Crippen LogP contribution in [0.1, 0.15) is 25.9 Å². The van der Waals surface area contributed by atoms with Crippen molar-refractivity contribution in [1.29, 1.82) is 0 Å². The van der Waals surface area contributed by atoms with Crippen molar-refractivity contribution in [1.82, 2.24) is 15.0 Å². The van der Waals surface area contributed by atoms with Gasteiger partial charge in [-0.05, 0) is 0 Å². The van der Waals surface area contributed by atoms with Crippen LogP contribution in [0.15, 0.2) is 10.9 Å². The molecule has 0 aliphatic rings. The van der Waals surface area contributed by atoms with Gasteiger partial charge in [-0.2, -0.15) is 4.98 Å². The number of hydrogen-bond donors (Lipinski definition) is 3.